The molecule has 2 fully saturated rings. The van der Waals surface area contributed by atoms with Gasteiger partial charge in [0.25, 0.3) is 11.5 Å². The SMILES string of the molecule is O=C1CN(C(=O)c2cccn(Cc3ccccc3)c2=O)[C@@H]2CCCC[C@H]2N1. The molecule has 140 valence electrons. The maximum absolute atomic E-state index is 13.2. The quantitative estimate of drug-likeness (QED) is 0.901. The lowest BCUT2D eigenvalue weighted by atomic mass is 9.87. The predicted molar refractivity (Wildman–Crippen MR) is 101 cm³/mol. The average Bonchev–Trinajstić information content (AvgIpc) is 2.69. The molecule has 0 bridgehead atoms. The van der Waals surface area contributed by atoms with Gasteiger partial charge in [0.1, 0.15) is 12.1 Å². The Morgan fingerprint density at radius 1 is 1.04 bits per heavy atom. The molecule has 2 aromatic rings. The number of fused-ring (bicyclic) bond motifs is 1. The molecule has 1 aliphatic heterocycles. The van der Waals surface area contributed by atoms with E-state index in [2.05, 4.69) is 5.32 Å². The van der Waals surface area contributed by atoms with E-state index in [9.17, 15) is 14.4 Å². The first-order chi connectivity index (χ1) is 13.1. The van der Waals surface area contributed by atoms with Gasteiger partial charge in [0.15, 0.2) is 0 Å². The lowest BCUT2D eigenvalue weighted by molar-refractivity contribution is -0.127. The Bertz CT molecular complexity index is 906. The van der Waals surface area contributed by atoms with E-state index >= 15 is 0 Å². The molecule has 1 aromatic heterocycles. The zero-order valence-corrected chi connectivity index (χ0v) is 15.1. The minimum absolute atomic E-state index is 0.000735. The van der Waals surface area contributed by atoms with Crippen molar-refractivity contribution in [2.45, 2.75) is 44.3 Å². The highest BCUT2D eigenvalue weighted by Gasteiger charge is 2.39. The Morgan fingerprint density at radius 3 is 2.63 bits per heavy atom. The van der Waals surface area contributed by atoms with Gasteiger partial charge in [0, 0.05) is 12.2 Å². The highest BCUT2D eigenvalue weighted by molar-refractivity contribution is 5.97. The molecule has 1 aliphatic carbocycles. The molecule has 0 spiro atoms. The van der Waals surface area contributed by atoms with Crippen molar-refractivity contribution < 1.29 is 9.59 Å². The topological polar surface area (TPSA) is 71.4 Å². The molecule has 0 radical (unpaired) electrons. The van der Waals surface area contributed by atoms with Gasteiger partial charge in [-0.05, 0) is 30.5 Å². The summed E-state index contributed by atoms with van der Waals surface area (Å²) in [5.41, 5.74) is 0.811. The fourth-order valence-electron chi connectivity index (χ4n) is 4.16. The van der Waals surface area contributed by atoms with E-state index in [0.29, 0.717) is 6.54 Å². The van der Waals surface area contributed by atoms with E-state index in [4.69, 9.17) is 0 Å². The molecule has 0 unspecified atom stereocenters. The lowest BCUT2D eigenvalue weighted by Crippen LogP contribution is -2.63. The number of amides is 2. The Balaban J connectivity index is 1.62. The van der Waals surface area contributed by atoms with Gasteiger partial charge in [-0.15, -0.1) is 0 Å². The van der Waals surface area contributed by atoms with Crippen molar-refractivity contribution in [3.8, 4) is 0 Å². The summed E-state index contributed by atoms with van der Waals surface area (Å²) in [6.45, 7) is 0.431. The van der Waals surface area contributed by atoms with Crippen molar-refractivity contribution >= 4 is 11.8 Å². The van der Waals surface area contributed by atoms with E-state index in [1.807, 2.05) is 30.3 Å². The van der Waals surface area contributed by atoms with Gasteiger partial charge in [-0.2, -0.15) is 0 Å². The van der Waals surface area contributed by atoms with Crippen LogP contribution in [-0.4, -0.2) is 39.9 Å². The molecule has 1 N–H and O–H groups in total. The Kier molecular flexibility index (Phi) is 4.79. The molecular weight excluding hydrogens is 342 g/mol. The summed E-state index contributed by atoms with van der Waals surface area (Å²) in [5.74, 6) is -0.485. The average molecular weight is 365 g/mol. The van der Waals surface area contributed by atoms with Crippen LogP contribution in [0.1, 0.15) is 41.6 Å². The van der Waals surface area contributed by atoms with Crippen molar-refractivity contribution in [3.05, 3.63) is 70.1 Å². The molecule has 1 saturated heterocycles. The normalized spacial score (nSPS) is 22.1. The van der Waals surface area contributed by atoms with Crippen LogP contribution in [0.25, 0.3) is 0 Å². The smallest absolute Gasteiger partial charge is 0.263 e. The first kappa shape index (κ1) is 17.5. The van der Waals surface area contributed by atoms with Crippen molar-refractivity contribution in [1.82, 2.24) is 14.8 Å². The van der Waals surface area contributed by atoms with Gasteiger partial charge in [-0.25, -0.2) is 0 Å². The van der Waals surface area contributed by atoms with E-state index in [-0.39, 0.29) is 41.6 Å². The number of rotatable bonds is 3. The van der Waals surface area contributed by atoms with E-state index < -0.39 is 0 Å². The van der Waals surface area contributed by atoms with Crippen LogP contribution < -0.4 is 10.9 Å². The fraction of sp³-hybridized carbons (Fsp3) is 0.381. The number of piperazine rings is 1. The van der Waals surface area contributed by atoms with Crippen LogP contribution in [0.2, 0.25) is 0 Å². The second-order valence-corrected chi connectivity index (χ2v) is 7.30. The van der Waals surface area contributed by atoms with Crippen LogP contribution in [0.3, 0.4) is 0 Å². The molecular formula is C21H23N3O3. The second kappa shape index (κ2) is 7.39. The monoisotopic (exact) mass is 365 g/mol. The predicted octanol–water partition coefficient (Wildman–Crippen LogP) is 1.78. The number of carbonyl (C=O) groups excluding carboxylic acids is 2. The molecule has 2 heterocycles. The highest BCUT2D eigenvalue weighted by atomic mass is 16.2. The van der Waals surface area contributed by atoms with Crippen molar-refractivity contribution in [3.63, 3.8) is 0 Å². The summed E-state index contributed by atoms with van der Waals surface area (Å²) in [5, 5.41) is 3.00. The van der Waals surface area contributed by atoms with Crippen LogP contribution >= 0.6 is 0 Å². The van der Waals surface area contributed by atoms with Gasteiger partial charge >= 0.3 is 0 Å². The number of hydrogen-bond acceptors (Lipinski definition) is 3. The Hall–Kier alpha value is -2.89. The number of nitrogens with zero attached hydrogens (tertiary/aromatic N) is 2. The summed E-state index contributed by atoms with van der Waals surface area (Å²) in [6, 6.07) is 12.9. The number of pyridine rings is 1. The summed E-state index contributed by atoms with van der Waals surface area (Å²) < 4.78 is 1.55. The minimum Gasteiger partial charge on any atom is -0.350 e. The molecule has 1 aromatic carbocycles. The second-order valence-electron chi connectivity index (χ2n) is 7.30. The molecule has 1 saturated carbocycles. The van der Waals surface area contributed by atoms with E-state index in [0.717, 1.165) is 31.2 Å². The van der Waals surface area contributed by atoms with Gasteiger partial charge in [-0.1, -0.05) is 43.2 Å². The first-order valence-corrected chi connectivity index (χ1v) is 9.47. The van der Waals surface area contributed by atoms with Crippen molar-refractivity contribution in [2.75, 3.05) is 6.54 Å². The van der Waals surface area contributed by atoms with Crippen LogP contribution in [-0.2, 0) is 11.3 Å². The van der Waals surface area contributed by atoms with Crippen LogP contribution in [0, 0.1) is 0 Å². The summed E-state index contributed by atoms with van der Waals surface area (Å²) in [7, 11) is 0. The summed E-state index contributed by atoms with van der Waals surface area (Å²) in [4.78, 5) is 39.7. The number of carbonyl (C=O) groups is 2. The molecule has 2 atom stereocenters. The zero-order chi connectivity index (χ0) is 18.8. The molecule has 4 rings (SSSR count). The standard InChI is InChI=1S/C21H23N3O3/c25-19-14-24(18-11-5-4-10-17(18)22-19)21(27)16-9-6-12-23(20(16)26)13-15-7-2-1-3-8-15/h1-3,6-9,12,17-18H,4-5,10-11,13-14H2,(H,22,25)/t17-,18-/m1/s1. The maximum atomic E-state index is 13.2. The van der Waals surface area contributed by atoms with Crippen molar-refractivity contribution in [1.29, 1.82) is 0 Å². The molecule has 27 heavy (non-hydrogen) atoms. The number of nitrogens with one attached hydrogen (secondary N) is 1. The molecule has 2 aliphatic rings. The first-order valence-electron chi connectivity index (χ1n) is 9.47. The van der Waals surface area contributed by atoms with Gasteiger partial charge in [0.05, 0.1) is 12.6 Å². The fourth-order valence-corrected chi connectivity index (χ4v) is 4.16. The zero-order valence-electron chi connectivity index (χ0n) is 15.1. The minimum atomic E-state index is -0.339. The van der Waals surface area contributed by atoms with Gasteiger partial charge < -0.3 is 14.8 Å². The largest absolute Gasteiger partial charge is 0.350 e. The number of benzene rings is 1. The molecule has 2 amide bonds. The van der Waals surface area contributed by atoms with Crippen molar-refractivity contribution in [2.24, 2.45) is 0 Å². The van der Waals surface area contributed by atoms with Crippen LogP contribution in [0.5, 0.6) is 0 Å². The molecule has 6 heteroatoms. The number of aromatic nitrogens is 1. The summed E-state index contributed by atoms with van der Waals surface area (Å²) >= 11 is 0. The Morgan fingerprint density at radius 2 is 1.81 bits per heavy atom. The maximum Gasteiger partial charge on any atom is 0.263 e. The van der Waals surface area contributed by atoms with Crippen LogP contribution in [0.4, 0.5) is 0 Å². The summed E-state index contributed by atoms with van der Waals surface area (Å²) in [6.07, 6.45) is 5.53. The van der Waals surface area contributed by atoms with E-state index in [1.165, 1.54) is 0 Å². The van der Waals surface area contributed by atoms with Gasteiger partial charge in [-0.3, -0.25) is 14.4 Å². The molecule has 6 nitrogen and oxygen atoms in total. The third-order valence-corrected chi connectivity index (χ3v) is 5.50. The highest BCUT2D eigenvalue weighted by Crippen LogP contribution is 2.26. The van der Waals surface area contributed by atoms with E-state index in [1.54, 1.807) is 27.8 Å². The third-order valence-electron chi connectivity index (χ3n) is 5.50. The lowest BCUT2D eigenvalue weighted by Gasteiger charge is -2.43. The Labute approximate surface area is 157 Å². The third kappa shape index (κ3) is 3.52. The van der Waals surface area contributed by atoms with Gasteiger partial charge in [0.2, 0.25) is 5.91 Å². The number of hydrogen-bond donors (Lipinski definition) is 1. The van der Waals surface area contributed by atoms with Crippen LogP contribution in [0.15, 0.2) is 53.5 Å².